The highest BCUT2D eigenvalue weighted by atomic mass is 79.9. The zero-order valence-electron chi connectivity index (χ0n) is 13.9. The number of carbonyl (C=O) groups is 1. The van der Waals surface area contributed by atoms with Crippen molar-refractivity contribution in [3.8, 4) is 11.5 Å². The summed E-state index contributed by atoms with van der Waals surface area (Å²) in [6.07, 6.45) is 1.57. The third-order valence-electron chi connectivity index (χ3n) is 3.41. The standard InChI is InChI=1S/C16H22BrN3O4/c1-3-24-16-13(17)8-12(9-14(16)22-2)10-18-19-15(21)11-20-4-6-23-7-5-20/h8-10H,3-7,11H2,1-2H3,(H,19,21)/b18-10+. The van der Waals surface area contributed by atoms with E-state index in [1.807, 2.05) is 17.9 Å². The molecule has 24 heavy (non-hydrogen) atoms. The van der Waals surface area contributed by atoms with Crippen molar-refractivity contribution in [1.29, 1.82) is 0 Å². The molecule has 7 nitrogen and oxygen atoms in total. The lowest BCUT2D eigenvalue weighted by Gasteiger charge is -2.25. The molecular weight excluding hydrogens is 378 g/mol. The first-order chi connectivity index (χ1) is 11.6. The van der Waals surface area contributed by atoms with Crippen LogP contribution in [-0.2, 0) is 9.53 Å². The second-order valence-electron chi connectivity index (χ2n) is 5.15. The molecule has 0 aliphatic carbocycles. The number of carbonyl (C=O) groups excluding carboxylic acids is 1. The molecule has 132 valence electrons. The highest BCUT2D eigenvalue weighted by molar-refractivity contribution is 9.10. The van der Waals surface area contributed by atoms with Crippen LogP contribution in [0, 0.1) is 0 Å². The Bertz CT molecular complexity index is 589. The third kappa shape index (κ3) is 5.47. The molecule has 1 heterocycles. The van der Waals surface area contributed by atoms with Gasteiger partial charge in [0.05, 0.1) is 44.2 Å². The lowest BCUT2D eigenvalue weighted by Crippen LogP contribution is -2.42. The summed E-state index contributed by atoms with van der Waals surface area (Å²) in [6, 6.07) is 3.65. The smallest absolute Gasteiger partial charge is 0.254 e. The second-order valence-corrected chi connectivity index (χ2v) is 6.00. The van der Waals surface area contributed by atoms with Crippen molar-refractivity contribution in [2.75, 3.05) is 46.6 Å². The molecule has 1 aromatic rings. The number of hydrogen-bond acceptors (Lipinski definition) is 6. The molecule has 1 N–H and O–H groups in total. The molecule has 0 unspecified atom stereocenters. The van der Waals surface area contributed by atoms with Crippen molar-refractivity contribution in [3.63, 3.8) is 0 Å². The van der Waals surface area contributed by atoms with Crippen LogP contribution in [0.25, 0.3) is 0 Å². The molecule has 1 saturated heterocycles. The highest BCUT2D eigenvalue weighted by Crippen LogP contribution is 2.36. The van der Waals surface area contributed by atoms with Gasteiger partial charge in [-0.1, -0.05) is 0 Å². The second kappa shape index (κ2) is 9.61. The summed E-state index contributed by atoms with van der Waals surface area (Å²) < 4.78 is 16.9. The summed E-state index contributed by atoms with van der Waals surface area (Å²) in [6.45, 7) is 5.62. The fourth-order valence-electron chi connectivity index (χ4n) is 2.28. The van der Waals surface area contributed by atoms with E-state index in [0.717, 1.165) is 23.1 Å². The maximum Gasteiger partial charge on any atom is 0.254 e. The van der Waals surface area contributed by atoms with Gasteiger partial charge in [0, 0.05) is 13.1 Å². The highest BCUT2D eigenvalue weighted by Gasteiger charge is 2.14. The Balaban J connectivity index is 1.93. The number of halogens is 1. The molecule has 2 rings (SSSR count). The van der Waals surface area contributed by atoms with Gasteiger partial charge in [-0.25, -0.2) is 5.43 Å². The number of ether oxygens (including phenoxy) is 3. The maximum atomic E-state index is 11.9. The number of benzene rings is 1. The van der Waals surface area contributed by atoms with E-state index in [2.05, 4.69) is 26.5 Å². The minimum Gasteiger partial charge on any atom is -0.493 e. The molecule has 0 spiro atoms. The van der Waals surface area contributed by atoms with Gasteiger partial charge in [-0.2, -0.15) is 5.10 Å². The third-order valence-corrected chi connectivity index (χ3v) is 4.00. The van der Waals surface area contributed by atoms with E-state index in [9.17, 15) is 4.79 Å². The van der Waals surface area contributed by atoms with Crippen LogP contribution in [0.15, 0.2) is 21.7 Å². The predicted molar refractivity (Wildman–Crippen MR) is 94.9 cm³/mol. The quantitative estimate of drug-likeness (QED) is 0.557. The van der Waals surface area contributed by atoms with E-state index in [-0.39, 0.29) is 5.91 Å². The van der Waals surface area contributed by atoms with Crippen LogP contribution in [0.4, 0.5) is 0 Å². The maximum absolute atomic E-state index is 11.9. The van der Waals surface area contributed by atoms with Gasteiger partial charge in [0.25, 0.3) is 5.91 Å². The molecule has 1 amide bonds. The summed E-state index contributed by atoms with van der Waals surface area (Å²) in [5, 5.41) is 4.00. The van der Waals surface area contributed by atoms with Crippen LogP contribution in [0.5, 0.6) is 11.5 Å². The summed E-state index contributed by atoms with van der Waals surface area (Å²) in [5.74, 6) is 1.10. The predicted octanol–water partition coefficient (Wildman–Crippen LogP) is 1.64. The molecule has 1 aliphatic heterocycles. The summed E-state index contributed by atoms with van der Waals surface area (Å²) >= 11 is 3.45. The van der Waals surface area contributed by atoms with Crippen molar-refractivity contribution < 1.29 is 19.0 Å². The van der Waals surface area contributed by atoms with Crippen LogP contribution in [-0.4, -0.2) is 63.6 Å². The normalized spacial score (nSPS) is 15.5. The zero-order valence-corrected chi connectivity index (χ0v) is 15.5. The zero-order chi connectivity index (χ0) is 17.4. The van der Waals surface area contributed by atoms with Crippen molar-refractivity contribution in [3.05, 3.63) is 22.2 Å². The van der Waals surface area contributed by atoms with Crippen LogP contribution < -0.4 is 14.9 Å². The van der Waals surface area contributed by atoms with E-state index in [1.54, 1.807) is 19.4 Å². The number of nitrogens with one attached hydrogen (secondary N) is 1. The lowest BCUT2D eigenvalue weighted by atomic mass is 10.2. The first-order valence-electron chi connectivity index (χ1n) is 7.76. The van der Waals surface area contributed by atoms with Crippen molar-refractivity contribution in [2.24, 2.45) is 5.10 Å². The summed E-state index contributed by atoms with van der Waals surface area (Å²) in [7, 11) is 1.58. The number of morpholine rings is 1. The van der Waals surface area contributed by atoms with Crippen LogP contribution in [0.2, 0.25) is 0 Å². The Labute approximate surface area is 150 Å². The van der Waals surface area contributed by atoms with Gasteiger partial charge in [-0.15, -0.1) is 0 Å². The van der Waals surface area contributed by atoms with Crippen LogP contribution >= 0.6 is 15.9 Å². The fourth-order valence-corrected chi connectivity index (χ4v) is 2.85. The van der Waals surface area contributed by atoms with E-state index in [4.69, 9.17) is 14.2 Å². The van der Waals surface area contributed by atoms with Gasteiger partial charge in [0.1, 0.15) is 0 Å². The molecule has 8 heteroatoms. The monoisotopic (exact) mass is 399 g/mol. The Morgan fingerprint density at radius 3 is 2.88 bits per heavy atom. The van der Waals surface area contributed by atoms with Crippen LogP contribution in [0.1, 0.15) is 12.5 Å². The number of nitrogens with zero attached hydrogens (tertiary/aromatic N) is 2. The minimum atomic E-state index is -0.148. The average molecular weight is 400 g/mol. The number of rotatable bonds is 7. The van der Waals surface area contributed by atoms with Crippen molar-refractivity contribution in [1.82, 2.24) is 10.3 Å². The molecule has 0 aromatic heterocycles. The summed E-state index contributed by atoms with van der Waals surface area (Å²) in [5.41, 5.74) is 3.32. The first-order valence-corrected chi connectivity index (χ1v) is 8.55. The van der Waals surface area contributed by atoms with Crippen molar-refractivity contribution in [2.45, 2.75) is 6.92 Å². The van der Waals surface area contributed by atoms with Crippen LogP contribution in [0.3, 0.4) is 0 Å². The average Bonchev–Trinajstić information content (AvgIpc) is 2.58. The van der Waals surface area contributed by atoms with Crippen molar-refractivity contribution >= 4 is 28.1 Å². The topological polar surface area (TPSA) is 72.4 Å². The fraction of sp³-hybridized carbons (Fsp3) is 0.500. The van der Waals surface area contributed by atoms with E-state index in [1.165, 1.54) is 0 Å². The van der Waals surface area contributed by atoms with E-state index >= 15 is 0 Å². The Kier molecular flexibility index (Phi) is 7.48. The largest absolute Gasteiger partial charge is 0.493 e. The van der Waals surface area contributed by atoms with Gasteiger partial charge in [0.15, 0.2) is 11.5 Å². The van der Waals surface area contributed by atoms with Gasteiger partial charge in [-0.3, -0.25) is 9.69 Å². The minimum absolute atomic E-state index is 0.148. The van der Waals surface area contributed by atoms with E-state index < -0.39 is 0 Å². The van der Waals surface area contributed by atoms with Gasteiger partial charge in [0.2, 0.25) is 0 Å². The molecule has 1 fully saturated rings. The van der Waals surface area contributed by atoms with Gasteiger partial charge < -0.3 is 14.2 Å². The first kappa shape index (κ1) is 18.7. The molecule has 0 atom stereocenters. The van der Waals surface area contributed by atoms with Gasteiger partial charge in [-0.05, 0) is 40.5 Å². The van der Waals surface area contributed by atoms with E-state index in [0.29, 0.717) is 37.9 Å². The summed E-state index contributed by atoms with van der Waals surface area (Å²) in [4.78, 5) is 13.9. The Hall–Kier alpha value is -1.64. The molecule has 1 aliphatic rings. The molecule has 0 radical (unpaired) electrons. The molecule has 1 aromatic carbocycles. The molecule has 0 saturated carbocycles. The lowest BCUT2D eigenvalue weighted by molar-refractivity contribution is -0.123. The number of amides is 1. The van der Waals surface area contributed by atoms with Gasteiger partial charge >= 0.3 is 0 Å². The molecular formula is C16H22BrN3O4. The number of hydrogen-bond donors (Lipinski definition) is 1. The number of methoxy groups -OCH3 is 1. The number of hydrazone groups is 1. The SMILES string of the molecule is CCOc1c(Br)cc(/C=N/NC(=O)CN2CCOCC2)cc1OC. The molecule has 0 bridgehead atoms. The Morgan fingerprint density at radius 2 is 2.21 bits per heavy atom. The Morgan fingerprint density at radius 1 is 1.46 bits per heavy atom.